The first-order chi connectivity index (χ1) is 12.4. The van der Waals surface area contributed by atoms with Gasteiger partial charge in [-0.1, -0.05) is 22.0 Å². The van der Waals surface area contributed by atoms with Gasteiger partial charge in [0.05, 0.1) is 11.4 Å². The summed E-state index contributed by atoms with van der Waals surface area (Å²) in [5, 5.41) is 0. The Morgan fingerprint density at radius 2 is 2.04 bits per heavy atom. The van der Waals surface area contributed by atoms with Gasteiger partial charge in [0.1, 0.15) is 12.3 Å². The van der Waals surface area contributed by atoms with Gasteiger partial charge in [-0.05, 0) is 49.2 Å². The molecule has 0 bridgehead atoms. The number of aryl methyl sites for hydroxylation is 2. The van der Waals surface area contributed by atoms with Crippen molar-refractivity contribution in [2.24, 2.45) is 0 Å². The molecule has 3 aromatic rings. The Bertz CT molecular complexity index is 1030. The van der Waals surface area contributed by atoms with Crippen LogP contribution in [0.1, 0.15) is 16.8 Å². The smallest absolute Gasteiger partial charge is 0.316 e. The highest BCUT2D eigenvalue weighted by molar-refractivity contribution is 9.10. The zero-order valence-corrected chi connectivity index (χ0v) is 16.8. The first-order valence-electron chi connectivity index (χ1n) is 7.96. The second-order valence-corrected chi connectivity index (χ2v) is 7.81. The maximum absolute atomic E-state index is 12.1. The number of benzene rings is 1. The third-order valence-electron chi connectivity index (χ3n) is 3.72. The molecule has 1 aromatic carbocycles. The summed E-state index contributed by atoms with van der Waals surface area (Å²) in [6.45, 7) is 3.89. The van der Waals surface area contributed by atoms with E-state index in [1.54, 1.807) is 12.3 Å². The summed E-state index contributed by atoms with van der Waals surface area (Å²) in [7, 11) is 0. The lowest BCUT2D eigenvalue weighted by Gasteiger charge is -2.08. The molecular formula is C19H17BrN2O3S. The Kier molecular flexibility index (Phi) is 5.78. The number of aromatic nitrogens is 2. The maximum Gasteiger partial charge on any atom is 0.316 e. The molecule has 0 amide bonds. The van der Waals surface area contributed by atoms with Crippen molar-refractivity contribution in [2.75, 3.05) is 5.75 Å². The highest BCUT2D eigenvalue weighted by Gasteiger charge is 2.09. The van der Waals surface area contributed by atoms with Crippen molar-refractivity contribution in [1.82, 2.24) is 9.38 Å². The fourth-order valence-electron chi connectivity index (χ4n) is 2.44. The summed E-state index contributed by atoms with van der Waals surface area (Å²) in [5.41, 5.74) is 2.85. The molecule has 2 heterocycles. The van der Waals surface area contributed by atoms with E-state index < -0.39 is 0 Å². The average Bonchev–Trinajstić information content (AvgIpc) is 2.60. The fraction of sp³-hybridized carbons (Fsp3) is 0.211. The molecule has 0 saturated heterocycles. The van der Waals surface area contributed by atoms with Gasteiger partial charge in [-0.15, -0.1) is 11.8 Å². The highest BCUT2D eigenvalue weighted by Crippen LogP contribution is 2.25. The number of fused-ring (bicyclic) bond motifs is 1. The summed E-state index contributed by atoms with van der Waals surface area (Å²) in [5.74, 6) is -0.142. The van der Waals surface area contributed by atoms with Gasteiger partial charge in [-0.2, -0.15) is 0 Å². The molecule has 7 heteroatoms. The van der Waals surface area contributed by atoms with Crippen LogP contribution in [0, 0.1) is 13.8 Å². The third kappa shape index (κ3) is 4.53. The van der Waals surface area contributed by atoms with Gasteiger partial charge < -0.3 is 4.74 Å². The zero-order valence-electron chi connectivity index (χ0n) is 14.4. The lowest BCUT2D eigenvalue weighted by Crippen LogP contribution is -2.17. The van der Waals surface area contributed by atoms with Crippen molar-refractivity contribution < 1.29 is 9.53 Å². The van der Waals surface area contributed by atoms with Crippen LogP contribution >= 0.6 is 27.7 Å². The van der Waals surface area contributed by atoms with E-state index in [4.69, 9.17) is 4.74 Å². The van der Waals surface area contributed by atoms with Crippen LogP contribution in [0.4, 0.5) is 0 Å². The fourth-order valence-corrected chi connectivity index (χ4v) is 3.72. The van der Waals surface area contributed by atoms with E-state index in [1.165, 1.54) is 22.2 Å². The van der Waals surface area contributed by atoms with E-state index in [9.17, 15) is 9.59 Å². The summed E-state index contributed by atoms with van der Waals surface area (Å²) in [4.78, 5) is 29.5. The predicted molar refractivity (Wildman–Crippen MR) is 106 cm³/mol. The molecular weight excluding hydrogens is 416 g/mol. The topological polar surface area (TPSA) is 60.7 Å². The second-order valence-electron chi connectivity index (χ2n) is 5.88. The van der Waals surface area contributed by atoms with Crippen LogP contribution in [-0.2, 0) is 16.1 Å². The Morgan fingerprint density at radius 3 is 2.81 bits per heavy atom. The van der Waals surface area contributed by atoms with Gasteiger partial charge in [-0.3, -0.25) is 14.0 Å². The minimum atomic E-state index is -0.344. The molecule has 26 heavy (non-hydrogen) atoms. The number of pyridine rings is 1. The standard InChI is InChI=1S/C19H17BrN2O3S/c1-12-3-6-17-21-15(8-18(23)22(17)9-12)10-25-19(24)11-26-16-5-4-14(20)7-13(16)2/h3-9H,10-11H2,1-2H3. The third-order valence-corrected chi connectivity index (χ3v) is 5.37. The van der Waals surface area contributed by atoms with Crippen molar-refractivity contribution in [3.05, 3.63) is 74.2 Å². The van der Waals surface area contributed by atoms with Crippen molar-refractivity contribution in [3.63, 3.8) is 0 Å². The van der Waals surface area contributed by atoms with Crippen LogP contribution in [0.5, 0.6) is 0 Å². The van der Waals surface area contributed by atoms with E-state index >= 15 is 0 Å². The van der Waals surface area contributed by atoms with E-state index in [0.717, 1.165) is 20.5 Å². The molecule has 134 valence electrons. The van der Waals surface area contributed by atoms with Gasteiger partial charge in [0, 0.05) is 21.6 Å². The van der Waals surface area contributed by atoms with E-state index in [0.29, 0.717) is 11.3 Å². The first-order valence-corrected chi connectivity index (χ1v) is 9.74. The van der Waals surface area contributed by atoms with Gasteiger partial charge >= 0.3 is 5.97 Å². The molecule has 0 aliphatic heterocycles. The number of hydrogen-bond donors (Lipinski definition) is 0. The molecule has 0 N–H and O–H groups in total. The van der Waals surface area contributed by atoms with Crippen LogP contribution in [0.2, 0.25) is 0 Å². The van der Waals surface area contributed by atoms with Crippen LogP contribution in [0.15, 0.2) is 56.8 Å². The average molecular weight is 433 g/mol. The maximum atomic E-state index is 12.1. The number of carbonyl (C=O) groups is 1. The van der Waals surface area contributed by atoms with E-state index in [2.05, 4.69) is 20.9 Å². The predicted octanol–water partition coefficient (Wildman–Crippen LogP) is 3.91. The number of esters is 1. The normalized spacial score (nSPS) is 10.9. The number of thioether (sulfide) groups is 1. The van der Waals surface area contributed by atoms with Crippen LogP contribution in [-0.4, -0.2) is 21.1 Å². The molecule has 0 saturated carbocycles. The largest absolute Gasteiger partial charge is 0.459 e. The van der Waals surface area contributed by atoms with Crippen LogP contribution in [0.3, 0.4) is 0 Å². The summed E-state index contributed by atoms with van der Waals surface area (Å²) >= 11 is 4.84. The van der Waals surface area contributed by atoms with Crippen molar-refractivity contribution >= 4 is 39.3 Å². The minimum Gasteiger partial charge on any atom is -0.459 e. The van der Waals surface area contributed by atoms with Gasteiger partial charge in [-0.25, -0.2) is 4.98 Å². The van der Waals surface area contributed by atoms with Crippen molar-refractivity contribution in [1.29, 1.82) is 0 Å². The summed E-state index contributed by atoms with van der Waals surface area (Å²) in [6.07, 6.45) is 1.73. The van der Waals surface area contributed by atoms with Gasteiger partial charge in [0.25, 0.3) is 5.56 Å². The molecule has 3 rings (SSSR count). The second kappa shape index (κ2) is 8.05. The monoisotopic (exact) mass is 432 g/mol. The van der Waals surface area contributed by atoms with Gasteiger partial charge in [0.2, 0.25) is 0 Å². The number of nitrogens with zero attached hydrogens (tertiary/aromatic N) is 2. The molecule has 0 spiro atoms. The molecule has 2 aromatic heterocycles. The van der Waals surface area contributed by atoms with Crippen molar-refractivity contribution in [3.8, 4) is 0 Å². The Morgan fingerprint density at radius 1 is 1.23 bits per heavy atom. The molecule has 0 aliphatic rings. The Balaban J connectivity index is 1.61. The van der Waals surface area contributed by atoms with Crippen LogP contribution in [0.25, 0.3) is 5.65 Å². The van der Waals surface area contributed by atoms with E-state index in [-0.39, 0.29) is 23.9 Å². The number of ether oxygens (including phenoxy) is 1. The number of carbonyl (C=O) groups excluding carboxylic acids is 1. The minimum absolute atomic E-state index is 0.0155. The molecule has 5 nitrogen and oxygen atoms in total. The molecule has 0 radical (unpaired) electrons. The summed E-state index contributed by atoms with van der Waals surface area (Å²) < 4.78 is 7.75. The highest BCUT2D eigenvalue weighted by atomic mass is 79.9. The lowest BCUT2D eigenvalue weighted by molar-refractivity contribution is -0.141. The molecule has 0 atom stereocenters. The quantitative estimate of drug-likeness (QED) is 0.451. The summed E-state index contributed by atoms with van der Waals surface area (Å²) in [6, 6.07) is 11.0. The first kappa shape index (κ1) is 18.7. The SMILES string of the molecule is Cc1ccc2nc(COC(=O)CSc3ccc(Br)cc3C)cc(=O)n2c1. The number of halogens is 1. The molecule has 0 fully saturated rings. The van der Waals surface area contributed by atoms with Crippen molar-refractivity contribution in [2.45, 2.75) is 25.3 Å². The van der Waals surface area contributed by atoms with Gasteiger partial charge in [0.15, 0.2) is 0 Å². The Hall–Kier alpha value is -2.12. The molecule has 0 unspecified atom stereocenters. The lowest BCUT2D eigenvalue weighted by atomic mass is 10.2. The number of hydrogen-bond acceptors (Lipinski definition) is 5. The van der Waals surface area contributed by atoms with Crippen LogP contribution < -0.4 is 5.56 Å². The Labute approximate surface area is 163 Å². The number of rotatable bonds is 5. The van der Waals surface area contributed by atoms with E-state index in [1.807, 2.05) is 38.1 Å². The molecule has 0 aliphatic carbocycles. The zero-order chi connectivity index (χ0) is 18.7.